The first-order valence-corrected chi connectivity index (χ1v) is 8.98. The van der Waals surface area contributed by atoms with Gasteiger partial charge in [0.2, 0.25) is 0 Å². The van der Waals surface area contributed by atoms with Crippen molar-refractivity contribution >= 4 is 40.3 Å². The second-order valence-corrected chi connectivity index (χ2v) is 7.00. The van der Waals surface area contributed by atoms with E-state index in [2.05, 4.69) is 0 Å². The van der Waals surface area contributed by atoms with Crippen molar-refractivity contribution in [2.75, 3.05) is 20.3 Å². The number of carbonyl (C=O) groups is 1. The fourth-order valence-corrected chi connectivity index (χ4v) is 3.37. The van der Waals surface area contributed by atoms with Crippen LogP contribution in [0.3, 0.4) is 0 Å². The molecule has 1 fully saturated rings. The van der Waals surface area contributed by atoms with Crippen molar-refractivity contribution in [2.45, 2.75) is 0 Å². The lowest BCUT2D eigenvalue weighted by molar-refractivity contribution is -0.121. The third kappa shape index (κ3) is 4.61. The lowest BCUT2D eigenvalue weighted by Crippen LogP contribution is -2.22. The van der Waals surface area contributed by atoms with Crippen LogP contribution >= 0.6 is 24.0 Å². The van der Waals surface area contributed by atoms with Gasteiger partial charge in [-0.1, -0.05) is 54.3 Å². The van der Waals surface area contributed by atoms with Crippen molar-refractivity contribution in [1.82, 2.24) is 4.90 Å². The Balaban J connectivity index is 1.51. The van der Waals surface area contributed by atoms with Gasteiger partial charge in [-0.25, -0.2) is 0 Å². The van der Waals surface area contributed by atoms with E-state index in [1.807, 2.05) is 60.7 Å². The van der Waals surface area contributed by atoms with E-state index in [0.717, 1.165) is 17.1 Å². The average Bonchev–Trinajstić information content (AvgIpc) is 2.88. The first-order valence-electron chi connectivity index (χ1n) is 7.76. The van der Waals surface area contributed by atoms with Crippen LogP contribution in [0.1, 0.15) is 5.56 Å². The summed E-state index contributed by atoms with van der Waals surface area (Å²) in [5.41, 5.74) is 0.932. The summed E-state index contributed by atoms with van der Waals surface area (Å²) >= 11 is 6.44. The molecule has 2 aromatic rings. The molecule has 1 aliphatic rings. The number of nitrogens with zero attached hydrogens (tertiary/aromatic N) is 1. The second-order valence-electron chi connectivity index (χ2n) is 5.32. The average molecular weight is 371 g/mol. The van der Waals surface area contributed by atoms with Crippen molar-refractivity contribution in [2.24, 2.45) is 0 Å². The first kappa shape index (κ1) is 17.5. The van der Waals surface area contributed by atoms with Gasteiger partial charge in [-0.2, -0.15) is 0 Å². The Morgan fingerprint density at radius 2 is 1.60 bits per heavy atom. The highest BCUT2D eigenvalue weighted by atomic mass is 32.2. The van der Waals surface area contributed by atoms with Crippen LogP contribution in [0.4, 0.5) is 0 Å². The number of likely N-dealkylation sites (N-methyl/N-ethyl adjacent to an activating group) is 1. The molecule has 1 amide bonds. The van der Waals surface area contributed by atoms with E-state index in [1.165, 1.54) is 16.7 Å². The highest BCUT2D eigenvalue weighted by Gasteiger charge is 2.28. The van der Waals surface area contributed by atoms with Crippen LogP contribution in [-0.2, 0) is 4.79 Å². The minimum Gasteiger partial charge on any atom is -0.490 e. The van der Waals surface area contributed by atoms with Crippen molar-refractivity contribution < 1.29 is 14.3 Å². The predicted molar refractivity (Wildman–Crippen MR) is 105 cm³/mol. The Hall–Kier alpha value is -2.31. The zero-order chi connectivity index (χ0) is 17.6. The number of amides is 1. The summed E-state index contributed by atoms with van der Waals surface area (Å²) in [5.74, 6) is 1.53. The highest BCUT2D eigenvalue weighted by Crippen LogP contribution is 2.31. The van der Waals surface area contributed by atoms with Crippen LogP contribution in [0, 0.1) is 0 Å². The highest BCUT2D eigenvalue weighted by molar-refractivity contribution is 8.26. The van der Waals surface area contributed by atoms with Gasteiger partial charge >= 0.3 is 0 Å². The molecule has 6 heteroatoms. The van der Waals surface area contributed by atoms with Crippen LogP contribution in [0.2, 0.25) is 0 Å². The van der Waals surface area contributed by atoms with Crippen molar-refractivity contribution in [1.29, 1.82) is 0 Å². The molecule has 0 saturated carbocycles. The van der Waals surface area contributed by atoms with Gasteiger partial charge in [-0.15, -0.1) is 0 Å². The van der Waals surface area contributed by atoms with E-state index in [9.17, 15) is 4.79 Å². The van der Waals surface area contributed by atoms with Crippen LogP contribution in [0.15, 0.2) is 59.5 Å². The fraction of sp³-hybridized carbons (Fsp3) is 0.158. The minimum absolute atomic E-state index is 0.0617. The van der Waals surface area contributed by atoms with Gasteiger partial charge in [0.25, 0.3) is 5.91 Å². The molecular weight excluding hydrogens is 354 g/mol. The zero-order valence-corrected chi connectivity index (χ0v) is 15.3. The number of thioether (sulfide) groups is 1. The largest absolute Gasteiger partial charge is 0.490 e. The summed E-state index contributed by atoms with van der Waals surface area (Å²) in [4.78, 5) is 14.1. The molecule has 128 valence electrons. The van der Waals surface area contributed by atoms with E-state index in [1.54, 1.807) is 7.05 Å². The van der Waals surface area contributed by atoms with Gasteiger partial charge in [-0.3, -0.25) is 9.69 Å². The molecule has 0 unspecified atom stereocenters. The van der Waals surface area contributed by atoms with E-state index in [4.69, 9.17) is 21.7 Å². The number of hydrogen-bond donors (Lipinski definition) is 0. The number of ether oxygens (including phenoxy) is 2. The molecule has 3 rings (SSSR count). The molecule has 2 aromatic carbocycles. The molecule has 0 aromatic heterocycles. The lowest BCUT2D eigenvalue weighted by atomic mass is 10.2. The monoisotopic (exact) mass is 371 g/mol. The number of benzene rings is 2. The molecule has 0 radical (unpaired) electrons. The number of thiocarbonyl (C=S) groups is 1. The lowest BCUT2D eigenvalue weighted by Gasteiger charge is -2.08. The molecule has 0 atom stereocenters. The minimum atomic E-state index is -0.0617. The molecule has 1 aliphatic heterocycles. The Morgan fingerprint density at radius 1 is 1.00 bits per heavy atom. The standard InChI is InChI=1S/C19H17NO3S2/c1-20-18(21)17(25-19(20)24)13-14-7-9-16(10-8-14)23-12-11-22-15-5-3-2-4-6-15/h2-10,13H,11-12H2,1H3/b17-13+. The van der Waals surface area contributed by atoms with Crippen molar-refractivity contribution in [3.63, 3.8) is 0 Å². The van der Waals surface area contributed by atoms with E-state index in [0.29, 0.717) is 22.4 Å². The zero-order valence-electron chi connectivity index (χ0n) is 13.7. The molecule has 1 heterocycles. The van der Waals surface area contributed by atoms with Gasteiger partial charge in [0, 0.05) is 7.05 Å². The van der Waals surface area contributed by atoms with Crippen LogP contribution in [-0.4, -0.2) is 35.4 Å². The Labute approximate surface area is 156 Å². The maximum Gasteiger partial charge on any atom is 0.265 e. The number of carbonyl (C=O) groups excluding carboxylic acids is 1. The molecule has 0 aliphatic carbocycles. The van der Waals surface area contributed by atoms with E-state index < -0.39 is 0 Å². The summed E-state index contributed by atoms with van der Waals surface area (Å²) in [7, 11) is 1.69. The van der Waals surface area contributed by atoms with Gasteiger partial charge < -0.3 is 9.47 Å². The third-order valence-electron chi connectivity index (χ3n) is 3.53. The summed E-state index contributed by atoms with van der Waals surface area (Å²) in [6.45, 7) is 0.938. The normalized spacial score (nSPS) is 15.7. The maximum atomic E-state index is 12.0. The van der Waals surface area contributed by atoms with Crippen LogP contribution in [0.5, 0.6) is 11.5 Å². The topological polar surface area (TPSA) is 38.8 Å². The summed E-state index contributed by atoms with van der Waals surface area (Å²) in [6, 6.07) is 17.2. The molecule has 1 saturated heterocycles. The SMILES string of the molecule is CN1C(=O)/C(=C\c2ccc(OCCOc3ccccc3)cc2)SC1=S. The second kappa shape index (κ2) is 8.18. The quantitative estimate of drug-likeness (QED) is 0.436. The molecule has 25 heavy (non-hydrogen) atoms. The Kier molecular flexibility index (Phi) is 5.73. The summed E-state index contributed by atoms with van der Waals surface area (Å²) in [6.07, 6.45) is 1.84. The third-order valence-corrected chi connectivity index (χ3v) is 5.01. The van der Waals surface area contributed by atoms with E-state index >= 15 is 0 Å². The van der Waals surface area contributed by atoms with Crippen LogP contribution < -0.4 is 9.47 Å². The number of hydrogen-bond acceptors (Lipinski definition) is 5. The summed E-state index contributed by atoms with van der Waals surface area (Å²) in [5, 5.41) is 0. The number of rotatable bonds is 6. The molecule has 0 spiro atoms. The van der Waals surface area contributed by atoms with E-state index in [-0.39, 0.29) is 5.91 Å². The van der Waals surface area contributed by atoms with Gasteiger partial charge in [0.05, 0.1) is 4.91 Å². The predicted octanol–water partition coefficient (Wildman–Crippen LogP) is 3.98. The first-order chi connectivity index (χ1) is 12.1. The molecule has 0 N–H and O–H groups in total. The Morgan fingerprint density at radius 3 is 2.16 bits per heavy atom. The van der Waals surface area contributed by atoms with Gasteiger partial charge in [-0.05, 0) is 35.9 Å². The summed E-state index contributed by atoms with van der Waals surface area (Å²) < 4.78 is 11.8. The van der Waals surface area contributed by atoms with Crippen molar-refractivity contribution in [3.8, 4) is 11.5 Å². The van der Waals surface area contributed by atoms with Gasteiger partial charge in [0.15, 0.2) is 0 Å². The van der Waals surface area contributed by atoms with Crippen LogP contribution in [0.25, 0.3) is 6.08 Å². The molecule has 4 nitrogen and oxygen atoms in total. The maximum absolute atomic E-state index is 12.0. The Bertz CT molecular complexity index is 788. The van der Waals surface area contributed by atoms with Crippen molar-refractivity contribution in [3.05, 3.63) is 65.1 Å². The number of para-hydroxylation sites is 1. The molecular formula is C19H17NO3S2. The fourth-order valence-electron chi connectivity index (χ4n) is 2.19. The molecule has 0 bridgehead atoms. The smallest absolute Gasteiger partial charge is 0.265 e. The van der Waals surface area contributed by atoms with Gasteiger partial charge in [0.1, 0.15) is 29.0 Å².